The van der Waals surface area contributed by atoms with Crippen LogP contribution in [0.2, 0.25) is 0 Å². The summed E-state index contributed by atoms with van der Waals surface area (Å²) in [6.45, 7) is 0.704. The van der Waals surface area contributed by atoms with Crippen molar-refractivity contribution in [1.29, 1.82) is 0 Å². The minimum Gasteiger partial charge on any atom is -0.408 e. The highest BCUT2D eigenvalue weighted by atomic mass is 16.4. The summed E-state index contributed by atoms with van der Waals surface area (Å²) in [7, 11) is 1.88. The van der Waals surface area contributed by atoms with Crippen molar-refractivity contribution in [2.75, 3.05) is 7.05 Å². The lowest BCUT2D eigenvalue weighted by Gasteiger charge is -2.02. The van der Waals surface area contributed by atoms with Crippen molar-refractivity contribution in [3.63, 3.8) is 0 Å². The van der Waals surface area contributed by atoms with E-state index in [1.165, 1.54) is 0 Å². The van der Waals surface area contributed by atoms with Crippen molar-refractivity contribution in [3.8, 4) is 11.3 Å². The molecule has 18 heavy (non-hydrogen) atoms. The first-order chi connectivity index (χ1) is 8.78. The Morgan fingerprint density at radius 2 is 2.33 bits per heavy atom. The van der Waals surface area contributed by atoms with Gasteiger partial charge >= 0.3 is 5.76 Å². The Kier molecular flexibility index (Phi) is 2.49. The summed E-state index contributed by atoms with van der Waals surface area (Å²) in [6.07, 6.45) is 1.66. The fraction of sp³-hybridized carbons (Fsp3) is 0.167. The Bertz CT molecular complexity index is 738. The Morgan fingerprint density at radius 1 is 1.44 bits per heavy atom. The van der Waals surface area contributed by atoms with Gasteiger partial charge in [-0.2, -0.15) is 0 Å². The largest absolute Gasteiger partial charge is 0.417 e. The third-order valence-electron chi connectivity index (χ3n) is 2.76. The number of hydrogen-bond acceptors (Lipinski definition) is 4. The van der Waals surface area contributed by atoms with Crippen LogP contribution in [0.3, 0.4) is 0 Å². The maximum absolute atomic E-state index is 11.1. The van der Waals surface area contributed by atoms with E-state index in [0.29, 0.717) is 17.6 Å². The van der Waals surface area contributed by atoms with Gasteiger partial charge in [-0.05, 0) is 25.2 Å². The van der Waals surface area contributed by atoms with Crippen LogP contribution in [-0.4, -0.2) is 22.0 Å². The van der Waals surface area contributed by atoms with Crippen molar-refractivity contribution in [2.24, 2.45) is 0 Å². The summed E-state index contributed by atoms with van der Waals surface area (Å²) in [5, 5.41) is 3.07. The number of hydrogen-bond donors (Lipinski definition) is 3. The highest BCUT2D eigenvalue weighted by Gasteiger charge is 2.09. The number of oxazole rings is 1. The van der Waals surface area contributed by atoms with Gasteiger partial charge in [-0.1, -0.05) is 0 Å². The quantitative estimate of drug-likeness (QED) is 0.646. The number of H-pyrrole nitrogens is 2. The molecular formula is C12H12N4O2. The lowest BCUT2D eigenvalue weighted by molar-refractivity contribution is 0.555. The maximum Gasteiger partial charge on any atom is 0.417 e. The van der Waals surface area contributed by atoms with Crippen LogP contribution in [-0.2, 0) is 6.54 Å². The lowest BCUT2D eigenvalue weighted by Crippen LogP contribution is -2.06. The van der Waals surface area contributed by atoms with Gasteiger partial charge < -0.3 is 14.7 Å². The molecule has 1 aromatic carbocycles. The second-order valence-corrected chi connectivity index (χ2v) is 3.99. The summed E-state index contributed by atoms with van der Waals surface area (Å²) >= 11 is 0. The summed E-state index contributed by atoms with van der Waals surface area (Å²) < 4.78 is 4.97. The van der Waals surface area contributed by atoms with Crippen LogP contribution in [0.15, 0.2) is 33.7 Å². The predicted molar refractivity (Wildman–Crippen MR) is 67.2 cm³/mol. The molecule has 3 N–H and O–H groups in total. The monoisotopic (exact) mass is 244 g/mol. The van der Waals surface area contributed by atoms with Crippen LogP contribution in [0.5, 0.6) is 0 Å². The Hall–Kier alpha value is -2.34. The molecule has 0 saturated carbocycles. The van der Waals surface area contributed by atoms with Gasteiger partial charge in [-0.25, -0.2) is 9.78 Å². The molecule has 0 amide bonds. The van der Waals surface area contributed by atoms with E-state index >= 15 is 0 Å². The number of imidazole rings is 1. The first kappa shape index (κ1) is 10.8. The summed E-state index contributed by atoms with van der Waals surface area (Å²) in [5.74, 6) is -0.445. The van der Waals surface area contributed by atoms with Gasteiger partial charge in [0.05, 0.1) is 23.2 Å². The number of fused-ring (bicyclic) bond motifs is 1. The smallest absolute Gasteiger partial charge is 0.408 e. The molecule has 0 saturated heterocycles. The van der Waals surface area contributed by atoms with Crippen molar-refractivity contribution >= 4 is 11.1 Å². The number of nitrogens with zero attached hydrogens (tertiary/aromatic N) is 1. The van der Waals surface area contributed by atoms with Crippen LogP contribution in [0.25, 0.3) is 22.4 Å². The molecule has 2 heterocycles. The standard InChI is InChI=1S/C12H12N4O2/c1-13-5-9-11(15-6-14-9)7-2-3-10-8(4-7)16-12(17)18-10/h2-4,6,13H,5H2,1H3,(H,14,15)(H,16,17). The van der Waals surface area contributed by atoms with E-state index < -0.39 is 5.76 Å². The van der Waals surface area contributed by atoms with Crippen LogP contribution in [0, 0.1) is 0 Å². The van der Waals surface area contributed by atoms with Gasteiger partial charge in [0.25, 0.3) is 0 Å². The number of rotatable bonds is 3. The van der Waals surface area contributed by atoms with E-state index in [4.69, 9.17) is 4.42 Å². The Labute approximate surface area is 102 Å². The molecule has 92 valence electrons. The Morgan fingerprint density at radius 3 is 3.17 bits per heavy atom. The highest BCUT2D eigenvalue weighted by Crippen LogP contribution is 2.23. The number of aromatic amines is 2. The van der Waals surface area contributed by atoms with Gasteiger partial charge in [0, 0.05) is 12.1 Å². The molecule has 0 aliphatic heterocycles. The SMILES string of the molecule is CNCc1[nH]cnc1-c1ccc2oc(=O)[nH]c2c1. The normalized spacial score (nSPS) is 11.2. The second-order valence-electron chi connectivity index (χ2n) is 3.99. The predicted octanol–water partition coefficient (Wildman–Crippen LogP) is 1.23. The molecule has 0 spiro atoms. The van der Waals surface area contributed by atoms with Gasteiger partial charge in [0.15, 0.2) is 5.58 Å². The zero-order valence-electron chi connectivity index (χ0n) is 9.78. The molecule has 0 fully saturated rings. The van der Waals surface area contributed by atoms with E-state index in [0.717, 1.165) is 17.0 Å². The van der Waals surface area contributed by atoms with E-state index in [-0.39, 0.29) is 0 Å². The summed E-state index contributed by atoms with van der Waals surface area (Å²) in [4.78, 5) is 21.1. The Balaban J connectivity index is 2.12. The van der Waals surface area contributed by atoms with E-state index in [1.54, 1.807) is 12.4 Å². The molecule has 0 aliphatic carbocycles. The maximum atomic E-state index is 11.1. The molecule has 0 atom stereocenters. The van der Waals surface area contributed by atoms with Crippen LogP contribution in [0.4, 0.5) is 0 Å². The summed E-state index contributed by atoms with van der Waals surface area (Å²) in [6, 6.07) is 5.50. The first-order valence-electron chi connectivity index (χ1n) is 5.58. The lowest BCUT2D eigenvalue weighted by atomic mass is 10.1. The molecule has 6 nitrogen and oxygen atoms in total. The zero-order valence-corrected chi connectivity index (χ0v) is 9.78. The zero-order chi connectivity index (χ0) is 12.5. The fourth-order valence-electron chi connectivity index (χ4n) is 1.98. The molecule has 0 unspecified atom stereocenters. The fourth-order valence-corrected chi connectivity index (χ4v) is 1.98. The molecular weight excluding hydrogens is 232 g/mol. The molecule has 6 heteroatoms. The molecule has 2 aromatic heterocycles. The van der Waals surface area contributed by atoms with Gasteiger partial charge in [0.2, 0.25) is 0 Å². The minimum absolute atomic E-state index is 0.445. The highest BCUT2D eigenvalue weighted by molar-refractivity contribution is 5.79. The van der Waals surface area contributed by atoms with E-state index in [1.807, 2.05) is 19.2 Å². The molecule has 3 rings (SSSR count). The topological polar surface area (TPSA) is 86.7 Å². The first-order valence-corrected chi connectivity index (χ1v) is 5.58. The summed E-state index contributed by atoms with van der Waals surface area (Å²) in [5.41, 5.74) is 4.03. The van der Waals surface area contributed by atoms with Crippen molar-refractivity contribution in [2.45, 2.75) is 6.54 Å². The van der Waals surface area contributed by atoms with E-state index in [9.17, 15) is 4.79 Å². The second kappa shape index (κ2) is 4.15. The number of nitrogens with one attached hydrogen (secondary N) is 3. The number of benzene rings is 1. The molecule has 0 bridgehead atoms. The van der Waals surface area contributed by atoms with Gasteiger partial charge in [0.1, 0.15) is 0 Å². The van der Waals surface area contributed by atoms with Crippen molar-refractivity contribution < 1.29 is 4.42 Å². The average molecular weight is 244 g/mol. The van der Waals surface area contributed by atoms with Crippen LogP contribution < -0.4 is 11.1 Å². The minimum atomic E-state index is -0.445. The van der Waals surface area contributed by atoms with Gasteiger partial charge in [-0.15, -0.1) is 0 Å². The molecule has 3 aromatic rings. The van der Waals surface area contributed by atoms with E-state index in [2.05, 4.69) is 20.3 Å². The third-order valence-corrected chi connectivity index (χ3v) is 2.76. The third kappa shape index (κ3) is 1.72. The van der Waals surface area contributed by atoms with Crippen molar-refractivity contribution in [3.05, 3.63) is 40.8 Å². The molecule has 0 radical (unpaired) electrons. The van der Waals surface area contributed by atoms with Gasteiger partial charge in [-0.3, -0.25) is 4.98 Å². The number of aromatic nitrogens is 3. The average Bonchev–Trinajstić information content (AvgIpc) is 2.93. The molecule has 0 aliphatic rings. The van der Waals surface area contributed by atoms with Crippen molar-refractivity contribution in [1.82, 2.24) is 20.3 Å². The van der Waals surface area contributed by atoms with Crippen LogP contribution in [0.1, 0.15) is 5.69 Å². The van der Waals surface area contributed by atoms with Crippen LogP contribution >= 0.6 is 0 Å².